The van der Waals surface area contributed by atoms with Crippen molar-refractivity contribution in [1.82, 2.24) is 0 Å². The van der Waals surface area contributed by atoms with Crippen molar-refractivity contribution in [1.29, 1.82) is 0 Å². The van der Waals surface area contributed by atoms with E-state index in [1.807, 2.05) is 0 Å². The summed E-state index contributed by atoms with van der Waals surface area (Å²) in [4.78, 5) is 0. The molecule has 1 saturated carbocycles. The molecule has 0 radical (unpaired) electrons. The Bertz CT molecular complexity index is 197. The molecule has 1 aliphatic rings. The van der Waals surface area contributed by atoms with Gasteiger partial charge in [-0.25, -0.2) is 0 Å². The van der Waals surface area contributed by atoms with Gasteiger partial charge in [0.2, 0.25) is 0 Å². The predicted molar refractivity (Wildman–Crippen MR) is 78.2 cm³/mol. The summed E-state index contributed by atoms with van der Waals surface area (Å²) in [5.41, 5.74) is 0. The summed E-state index contributed by atoms with van der Waals surface area (Å²) >= 11 is 0. The van der Waals surface area contributed by atoms with Crippen molar-refractivity contribution in [2.24, 2.45) is 5.92 Å². The van der Waals surface area contributed by atoms with Crippen molar-refractivity contribution in [2.45, 2.75) is 64.6 Å². The molecule has 17 heavy (non-hydrogen) atoms. The molecule has 1 rings (SSSR count). The SMILES string of the molecule is C[Si](C)(C)O[Si](C)(C)C.OCC1CCCC1O. The van der Waals surface area contributed by atoms with E-state index in [0.717, 1.165) is 19.3 Å². The average Bonchev–Trinajstić information content (AvgIpc) is 2.44. The van der Waals surface area contributed by atoms with E-state index in [9.17, 15) is 0 Å². The van der Waals surface area contributed by atoms with Gasteiger partial charge in [-0.05, 0) is 52.1 Å². The van der Waals surface area contributed by atoms with Crippen molar-refractivity contribution in [3.8, 4) is 0 Å². The first-order valence-electron chi connectivity index (χ1n) is 6.54. The maximum Gasteiger partial charge on any atom is 0.170 e. The third-order valence-electron chi connectivity index (χ3n) is 2.47. The van der Waals surface area contributed by atoms with Crippen LogP contribution in [0.4, 0.5) is 0 Å². The number of aliphatic hydroxyl groups is 2. The number of rotatable bonds is 3. The van der Waals surface area contributed by atoms with Crippen molar-refractivity contribution in [3.05, 3.63) is 0 Å². The van der Waals surface area contributed by atoms with Gasteiger partial charge in [-0.1, -0.05) is 6.42 Å². The van der Waals surface area contributed by atoms with Crippen LogP contribution in [0.5, 0.6) is 0 Å². The molecule has 2 atom stereocenters. The Hall–Kier alpha value is 0.314. The smallest absolute Gasteiger partial charge is 0.170 e. The third-order valence-corrected chi connectivity index (χ3v) is 7.36. The van der Waals surface area contributed by atoms with Gasteiger partial charge in [-0.15, -0.1) is 0 Å². The first-order chi connectivity index (χ1) is 7.55. The van der Waals surface area contributed by atoms with Gasteiger partial charge in [0.1, 0.15) is 0 Å². The molecule has 0 saturated heterocycles. The van der Waals surface area contributed by atoms with Gasteiger partial charge >= 0.3 is 0 Å². The Labute approximate surface area is 108 Å². The van der Waals surface area contributed by atoms with Crippen LogP contribution in [0.25, 0.3) is 0 Å². The number of hydrogen-bond donors (Lipinski definition) is 2. The number of aliphatic hydroxyl groups excluding tert-OH is 2. The largest absolute Gasteiger partial charge is 0.456 e. The fourth-order valence-corrected chi connectivity index (χ4v) is 9.50. The summed E-state index contributed by atoms with van der Waals surface area (Å²) in [6.07, 6.45) is 2.73. The van der Waals surface area contributed by atoms with Crippen LogP contribution in [-0.4, -0.2) is 39.6 Å². The predicted octanol–water partition coefficient (Wildman–Crippen LogP) is 2.81. The highest BCUT2D eigenvalue weighted by Crippen LogP contribution is 2.24. The van der Waals surface area contributed by atoms with E-state index in [0.29, 0.717) is 0 Å². The van der Waals surface area contributed by atoms with Crippen molar-refractivity contribution in [2.75, 3.05) is 6.61 Å². The van der Waals surface area contributed by atoms with Crippen molar-refractivity contribution >= 4 is 16.6 Å². The second-order valence-corrected chi connectivity index (χ2v) is 16.0. The standard InChI is InChI=1S/C6H12O2.C6H18OSi2/c7-4-5-2-1-3-6(5)8;1-8(2,3)7-9(4,5)6/h5-8H,1-4H2;1-6H3. The zero-order valence-corrected chi connectivity index (χ0v) is 14.3. The fraction of sp³-hybridized carbons (Fsp3) is 1.00. The molecule has 0 heterocycles. The van der Waals surface area contributed by atoms with Crippen LogP contribution >= 0.6 is 0 Å². The van der Waals surface area contributed by atoms with Gasteiger partial charge in [0.15, 0.2) is 16.6 Å². The van der Waals surface area contributed by atoms with Gasteiger partial charge in [0.05, 0.1) is 6.10 Å². The third kappa shape index (κ3) is 9.97. The highest BCUT2D eigenvalue weighted by atomic mass is 28.4. The van der Waals surface area contributed by atoms with Gasteiger partial charge in [-0.2, -0.15) is 0 Å². The van der Waals surface area contributed by atoms with E-state index in [1.54, 1.807) is 0 Å². The normalized spacial score (nSPS) is 25.4. The Kier molecular flexibility index (Phi) is 7.17. The van der Waals surface area contributed by atoms with E-state index in [2.05, 4.69) is 39.3 Å². The summed E-state index contributed by atoms with van der Waals surface area (Å²) < 4.78 is 5.90. The van der Waals surface area contributed by atoms with E-state index in [4.69, 9.17) is 14.3 Å². The highest BCUT2D eigenvalue weighted by molar-refractivity contribution is 6.83. The van der Waals surface area contributed by atoms with E-state index >= 15 is 0 Å². The van der Waals surface area contributed by atoms with Crippen LogP contribution in [-0.2, 0) is 4.12 Å². The Morgan fingerprint density at radius 2 is 1.47 bits per heavy atom. The lowest BCUT2D eigenvalue weighted by atomic mass is 10.1. The highest BCUT2D eigenvalue weighted by Gasteiger charge is 2.24. The maximum atomic E-state index is 9.03. The molecular formula is C12H30O3Si2. The Morgan fingerprint density at radius 3 is 1.59 bits per heavy atom. The van der Waals surface area contributed by atoms with Crippen molar-refractivity contribution in [3.63, 3.8) is 0 Å². The Balaban J connectivity index is 0.000000302. The first kappa shape index (κ1) is 17.3. The lowest BCUT2D eigenvalue weighted by Gasteiger charge is -2.27. The quantitative estimate of drug-likeness (QED) is 0.781. The minimum Gasteiger partial charge on any atom is -0.456 e. The molecule has 0 aromatic carbocycles. The molecule has 0 aliphatic heterocycles. The molecular weight excluding hydrogens is 248 g/mol. The summed E-state index contributed by atoms with van der Waals surface area (Å²) in [5.74, 6) is 0.176. The summed E-state index contributed by atoms with van der Waals surface area (Å²) in [6, 6.07) is 0. The molecule has 2 unspecified atom stereocenters. The van der Waals surface area contributed by atoms with Crippen LogP contribution in [0.1, 0.15) is 19.3 Å². The molecule has 104 valence electrons. The van der Waals surface area contributed by atoms with Crippen molar-refractivity contribution < 1.29 is 14.3 Å². The lowest BCUT2D eigenvalue weighted by Crippen LogP contribution is -2.39. The summed E-state index contributed by atoms with van der Waals surface area (Å²) in [7, 11) is -2.46. The topological polar surface area (TPSA) is 49.7 Å². The van der Waals surface area contributed by atoms with Crippen LogP contribution in [0.2, 0.25) is 39.3 Å². The molecule has 0 aromatic heterocycles. The zero-order valence-electron chi connectivity index (χ0n) is 12.3. The van der Waals surface area contributed by atoms with E-state index in [1.165, 1.54) is 0 Å². The monoisotopic (exact) mass is 278 g/mol. The zero-order chi connectivity index (χ0) is 13.7. The Morgan fingerprint density at radius 1 is 1.00 bits per heavy atom. The molecule has 1 aliphatic carbocycles. The second-order valence-electron chi connectivity index (χ2n) is 6.77. The van der Waals surface area contributed by atoms with E-state index < -0.39 is 16.6 Å². The maximum absolute atomic E-state index is 9.03. The lowest BCUT2D eigenvalue weighted by molar-refractivity contribution is 0.0909. The van der Waals surface area contributed by atoms with Gasteiger partial charge < -0.3 is 14.3 Å². The molecule has 3 nitrogen and oxygen atoms in total. The summed E-state index contributed by atoms with van der Waals surface area (Å²) in [6.45, 7) is 13.6. The summed E-state index contributed by atoms with van der Waals surface area (Å²) in [5, 5.41) is 17.6. The fourth-order valence-electron chi connectivity index (χ4n) is 2.15. The van der Waals surface area contributed by atoms with Gasteiger partial charge in [-0.3, -0.25) is 0 Å². The molecule has 0 aromatic rings. The minimum atomic E-state index is -1.23. The average molecular weight is 279 g/mol. The molecule has 0 amide bonds. The van der Waals surface area contributed by atoms with Crippen LogP contribution in [0.15, 0.2) is 0 Å². The van der Waals surface area contributed by atoms with Crippen LogP contribution in [0, 0.1) is 5.92 Å². The molecule has 1 fully saturated rings. The van der Waals surface area contributed by atoms with Gasteiger partial charge in [0.25, 0.3) is 0 Å². The van der Waals surface area contributed by atoms with E-state index in [-0.39, 0.29) is 18.6 Å². The second kappa shape index (κ2) is 7.04. The molecule has 2 N–H and O–H groups in total. The first-order valence-corrected chi connectivity index (χ1v) is 13.4. The molecule has 0 spiro atoms. The molecule has 0 bridgehead atoms. The minimum absolute atomic E-state index is 0.154. The van der Waals surface area contributed by atoms with Gasteiger partial charge in [0, 0.05) is 12.5 Å². The van der Waals surface area contributed by atoms with Crippen LogP contribution < -0.4 is 0 Å². The van der Waals surface area contributed by atoms with Crippen LogP contribution in [0.3, 0.4) is 0 Å². The molecule has 5 heteroatoms. The number of hydrogen-bond acceptors (Lipinski definition) is 3.